The Labute approximate surface area is 218 Å². The van der Waals surface area contributed by atoms with Gasteiger partial charge in [-0.15, -0.1) is 0 Å². The lowest BCUT2D eigenvalue weighted by molar-refractivity contribution is 0.142. The first-order valence-corrected chi connectivity index (χ1v) is 14.0. The van der Waals surface area contributed by atoms with Gasteiger partial charge in [-0.3, -0.25) is 9.97 Å². The number of nitrogens with zero attached hydrogens (tertiary/aromatic N) is 2. The van der Waals surface area contributed by atoms with Gasteiger partial charge in [0.05, 0.1) is 43.4 Å². The van der Waals surface area contributed by atoms with Crippen LogP contribution in [0.2, 0.25) is 0 Å². The van der Waals surface area contributed by atoms with Gasteiger partial charge in [0.2, 0.25) is 0 Å². The van der Waals surface area contributed by atoms with Gasteiger partial charge in [0.15, 0.2) is 0 Å². The van der Waals surface area contributed by atoms with Crippen LogP contribution in [0.25, 0.3) is 0 Å². The number of hydrogen-bond donors (Lipinski definition) is 2. The molecule has 0 bridgehead atoms. The Kier molecular flexibility index (Phi) is 11.4. The molecule has 3 rings (SSSR count). The van der Waals surface area contributed by atoms with Crippen LogP contribution in [0.1, 0.15) is 55.5 Å². The van der Waals surface area contributed by atoms with E-state index in [1.165, 1.54) is 18.8 Å². The van der Waals surface area contributed by atoms with Crippen LogP contribution in [0.3, 0.4) is 0 Å². The number of hydrogen-bond acceptors (Lipinski definition) is 9. The first kappa shape index (κ1) is 28.6. The van der Waals surface area contributed by atoms with Crippen LogP contribution in [0.4, 0.5) is 4.79 Å². The number of amides is 1. The maximum atomic E-state index is 12.1. The first-order chi connectivity index (χ1) is 17.8. The molecular weight excluding hydrogens is 500 g/mol. The molecule has 11 nitrogen and oxygen atoms in total. The van der Waals surface area contributed by atoms with E-state index in [1.807, 2.05) is 22.9 Å². The van der Waals surface area contributed by atoms with Crippen LogP contribution >= 0.6 is 0 Å². The zero-order valence-electron chi connectivity index (χ0n) is 21.4. The fraction of sp³-hybridized carbons (Fsp3) is 0.560. The van der Waals surface area contributed by atoms with Gasteiger partial charge in [-0.2, -0.15) is 13.1 Å². The third-order valence-corrected chi connectivity index (χ3v) is 6.72. The zero-order chi connectivity index (χ0) is 26.5. The molecule has 0 saturated heterocycles. The van der Waals surface area contributed by atoms with E-state index in [4.69, 9.17) is 18.9 Å². The number of aromatic nitrogens is 2. The summed E-state index contributed by atoms with van der Waals surface area (Å²) in [7, 11) is -2.48. The second-order valence-electron chi connectivity index (χ2n) is 8.80. The molecule has 0 aliphatic heterocycles. The number of methoxy groups -OCH3 is 1. The Morgan fingerprint density at radius 1 is 1.08 bits per heavy atom. The van der Waals surface area contributed by atoms with Crippen molar-refractivity contribution in [1.29, 1.82) is 0 Å². The molecule has 1 saturated carbocycles. The molecule has 2 aromatic rings. The maximum absolute atomic E-state index is 12.1. The minimum absolute atomic E-state index is 0.0414. The van der Waals surface area contributed by atoms with E-state index in [2.05, 4.69) is 14.7 Å². The van der Waals surface area contributed by atoms with E-state index >= 15 is 0 Å². The highest BCUT2D eigenvalue weighted by Crippen LogP contribution is 2.30. The van der Waals surface area contributed by atoms with Gasteiger partial charge in [-0.1, -0.05) is 12.5 Å². The Bertz CT molecular complexity index is 1090. The second-order valence-corrected chi connectivity index (χ2v) is 10.3. The Hall–Kier alpha value is -2.96. The number of ether oxygens (including phenoxy) is 4. The van der Waals surface area contributed by atoms with Crippen LogP contribution in [-0.2, 0) is 32.6 Å². The van der Waals surface area contributed by atoms with E-state index in [-0.39, 0.29) is 19.3 Å². The number of nitrogens with one attached hydrogen (secondary N) is 2. The van der Waals surface area contributed by atoms with Gasteiger partial charge in [0, 0.05) is 19.4 Å². The number of carbonyl (C=O) groups excluding carboxylic acids is 1. The molecule has 1 fully saturated rings. The fourth-order valence-electron chi connectivity index (χ4n) is 3.83. The minimum atomic E-state index is -4.10. The molecular formula is C25H36N4O7S. The molecule has 1 aliphatic carbocycles. The van der Waals surface area contributed by atoms with Gasteiger partial charge >= 0.3 is 16.3 Å². The van der Waals surface area contributed by atoms with Crippen molar-refractivity contribution in [1.82, 2.24) is 19.4 Å². The molecule has 12 heteroatoms. The Morgan fingerprint density at radius 3 is 2.62 bits per heavy atom. The molecule has 204 valence electrons. The molecule has 37 heavy (non-hydrogen) atoms. The topological polar surface area (TPSA) is 138 Å². The lowest BCUT2D eigenvalue weighted by Gasteiger charge is -2.24. The van der Waals surface area contributed by atoms with Crippen molar-refractivity contribution in [2.24, 2.45) is 0 Å². The lowest BCUT2D eigenvalue weighted by atomic mass is 9.97. The molecule has 1 aromatic carbocycles. The second kappa shape index (κ2) is 14.7. The molecule has 1 amide bonds. The normalized spacial score (nSPS) is 14.2. The van der Waals surface area contributed by atoms with Crippen LogP contribution in [-0.4, -0.2) is 57.5 Å². The van der Waals surface area contributed by atoms with E-state index in [1.54, 1.807) is 14.0 Å². The van der Waals surface area contributed by atoms with Crippen molar-refractivity contribution in [2.45, 2.75) is 64.5 Å². The van der Waals surface area contributed by atoms with Crippen molar-refractivity contribution in [3.05, 3.63) is 47.5 Å². The summed E-state index contributed by atoms with van der Waals surface area (Å²) in [5.41, 5.74) is 2.11. The number of rotatable bonds is 14. The molecule has 1 aromatic heterocycles. The van der Waals surface area contributed by atoms with E-state index < -0.39 is 16.3 Å². The third-order valence-electron chi connectivity index (χ3n) is 5.76. The molecule has 1 heterocycles. The van der Waals surface area contributed by atoms with Gasteiger partial charge < -0.3 is 18.9 Å². The van der Waals surface area contributed by atoms with Gasteiger partial charge in [-0.25, -0.2) is 9.52 Å². The average molecular weight is 537 g/mol. The molecule has 0 atom stereocenters. The van der Waals surface area contributed by atoms with Gasteiger partial charge in [0.25, 0.3) is 0 Å². The number of aryl methyl sites for hydroxylation is 2. The molecule has 2 N–H and O–H groups in total. The van der Waals surface area contributed by atoms with E-state index in [0.717, 1.165) is 37.0 Å². The van der Waals surface area contributed by atoms with E-state index in [9.17, 15) is 13.2 Å². The summed E-state index contributed by atoms with van der Waals surface area (Å²) in [5, 5.41) is 0. The highest BCUT2D eigenvalue weighted by Gasteiger charge is 2.18. The van der Waals surface area contributed by atoms with Crippen LogP contribution in [0.5, 0.6) is 11.5 Å². The average Bonchev–Trinajstić information content (AvgIpc) is 2.88. The molecule has 0 spiro atoms. The van der Waals surface area contributed by atoms with Crippen molar-refractivity contribution >= 4 is 16.3 Å². The third kappa shape index (κ3) is 10.5. The predicted molar refractivity (Wildman–Crippen MR) is 137 cm³/mol. The molecule has 0 unspecified atom stereocenters. The Balaban J connectivity index is 1.46. The first-order valence-electron chi connectivity index (χ1n) is 12.5. The van der Waals surface area contributed by atoms with Gasteiger partial charge in [-0.05, 0) is 57.1 Å². The van der Waals surface area contributed by atoms with Crippen molar-refractivity contribution in [3.8, 4) is 11.5 Å². The van der Waals surface area contributed by atoms with E-state index in [0.29, 0.717) is 43.2 Å². The monoisotopic (exact) mass is 536 g/mol. The van der Waals surface area contributed by atoms with Crippen LogP contribution < -0.4 is 18.9 Å². The summed E-state index contributed by atoms with van der Waals surface area (Å²) in [5.74, 6) is 1.47. The van der Waals surface area contributed by atoms with Gasteiger partial charge in [0.1, 0.15) is 18.1 Å². The highest BCUT2D eigenvalue weighted by molar-refractivity contribution is 7.88. The standard InChI is InChI=1S/C25H36N4O7S/c1-19-16-27-21(17-26-19)18-28-37(31,32)29-25(30)35-12-6-7-20-10-11-23(34-14-13-33-2)15-24(20)36-22-8-4-3-5-9-22/h10-11,15-17,22,28H,3-9,12-14,18H2,1-2H3,(H,29,30). The summed E-state index contributed by atoms with van der Waals surface area (Å²) in [4.78, 5) is 20.1. The predicted octanol–water partition coefficient (Wildman–Crippen LogP) is 3.22. The van der Waals surface area contributed by atoms with Crippen molar-refractivity contribution < 1.29 is 32.2 Å². The highest BCUT2D eigenvalue weighted by atomic mass is 32.2. The zero-order valence-corrected chi connectivity index (χ0v) is 22.2. The fourth-order valence-corrected chi connectivity index (χ4v) is 4.52. The quantitative estimate of drug-likeness (QED) is 0.349. The summed E-state index contributed by atoms with van der Waals surface area (Å²) >= 11 is 0. The summed E-state index contributed by atoms with van der Waals surface area (Å²) in [6.07, 6.45) is 8.78. The van der Waals surface area contributed by atoms with Crippen LogP contribution in [0, 0.1) is 6.92 Å². The maximum Gasteiger partial charge on any atom is 0.421 e. The smallest absolute Gasteiger partial charge is 0.421 e. The summed E-state index contributed by atoms with van der Waals surface area (Å²) < 4.78 is 50.4. The SMILES string of the molecule is COCCOc1ccc(CCCOC(=O)NS(=O)(=O)NCc2cnc(C)cn2)c(OC2CCCCC2)c1. The summed E-state index contributed by atoms with van der Waals surface area (Å²) in [6, 6.07) is 5.72. The number of benzene rings is 1. The lowest BCUT2D eigenvalue weighted by Crippen LogP contribution is -2.40. The molecule has 0 radical (unpaired) electrons. The minimum Gasteiger partial charge on any atom is -0.491 e. The number of carbonyl (C=O) groups is 1. The Morgan fingerprint density at radius 2 is 1.89 bits per heavy atom. The van der Waals surface area contributed by atoms with Crippen LogP contribution in [0.15, 0.2) is 30.6 Å². The molecule has 1 aliphatic rings. The van der Waals surface area contributed by atoms with Crippen molar-refractivity contribution in [3.63, 3.8) is 0 Å². The summed E-state index contributed by atoms with van der Waals surface area (Å²) in [6.45, 7) is 2.64. The largest absolute Gasteiger partial charge is 0.491 e. The van der Waals surface area contributed by atoms with Crippen molar-refractivity contribution in [2.75, 3.05) is 26.9 Å².